The van der Waals surface area contributed by atoms with Gasteiger partial charge >= 0.3 is 0 Å². The minimum atomic E-state index is 0.347. The molecule has 1 aromatic rings. The van der Waals surface area contributed by atoms with Gasteiger partial charge in [0.2, 0.25) is 0 Å². The Balaban J connectivity index is 2.33. The van der Waals surface area contributed by atoms with Gasteiger partial charge in [0, 0.05) is 11.7 Å². The highest BCUT2D eigenvalue weighted by Gasteiger charge is 2.23. The van der Waals surface area contributed by atoms with E-state index in [1.54, 1.807) is 0 Å². The average molecular weight is 234 g/mol. The van der Waals surface area contributed by atoms with Gasteiger partial charge in [0.1, 0.15) is 0 Å². The molecule has 1 aromatic carbocycles. The quantitative estimate of drug-likeness (QED) is 0.555. The maximum atomic E-state index is 6.15. The lowest BCUT2D eigenvalue weighted by molar-refractivity contribution is 0.396. The number of hydrogen-bond acceptors (Lipinski definition) is 4. The van der Waals surface area contributed by atoms with Crippen molar-refractivity contribution in [1.82, 2.24) is 0 Å². The van der Waals surface area contributed by atoms with Crippen LogP contribution in [0.1, 0.15) is 42.7 Å². The number of anilines is 3. The molecule has 1 aliphatic rings. The molecule has 1 fully saturated rings. The van der Waals surface area contributed by atoms with Crippen LogP contribution < -0.4 is 22.9 Å². The number of nitrogens with two attached hydrogens (primary N) is 4. The Kier molecular flexibility index (Phi) is 3.15. The monoisotopic (exact) mass is 234 g/mol. The predicted molar refractivity (Wildman–Crippen MR) is 73.6 cm³/mol. The van der Waals surface area contributed by atoms with Crippen LogP contribution in [-0.4, -0.2) is 6.04 Å². The predicted octanol–water partition coefficient (Wildman–Crippen LogP) is 1.73. The normalized spacial score (nSPS) is 24.8. The van der Waals surface area contributed by atoms with Gasteiger partial charge in [-0.05, 0) is 55.7 Å². The lowest BCUT2D eigenvalue weighted by Crippen LogP contribution is -2.26. The molecule has 17 heavy (non-hydrogen) atoms. The van der Waals surface area contributed by atoms with Gasteiger partial charge in [-0.15, -0.1) is 0 Å². The standard InChI is InChI=1S/C13H22N4/c1-7-12(16)10(6-11(15)13(7)17)8-2-4-9(14)5-3-8/h6,8-9H,2-5,14-17H2,1H3. The smallest absolute Gasteiger partial charge is 0.0598 e. The van der Waals surface area contributed by atoms with Crippen molar-refractivity contribution in [2.24, 2.45) is 5.73 Å². The van der Waals surface area contributed by atoms with E-state index < -0.39 is 0 Å². The van der Waals surface area contributed by atoms with Crippen LogP contribution in [0.4, 0.5) is 17.1 Å². The van der Waals surface area contributed by atoms with Crippen molar-refractivity contribution >= 4 is 17.1 Å². The van der Waals surface area contributed by atoms with Crippen LogP contribution in [-0.2, 0) is 0 Å². The summed E-state index contributed by atoms with van der Waals surface area (Å²) in [6.45, 7) is 1.93. The summed E-state index contributed by atoms with van der Waals surface area (Å²) in [5.41, 5.74) is 28.0. The van der Waals surface area contributed by atoms with E-state index in [9.17, 15) is 0 Å². The Hall–Kier alpha value is -1.42. The van der Waals surface area contributed by atoms with E-state index in [1.165, 1.54) is 0 Å². The Morgan fingerprint density at radius 1 is 1.00 bits per heavy atom. The SMILES string of the molecule is Cc1c(N)c(N)cc(C2CCC(N)CC2)c1N. The third kappa shape index (κ3) is 2.17. The highest BCUT2D eigenvalue weighted by Crippen LogP contribution is 2.39. The highest BCUT2D eigenvalue weighted by molar-refractivity contribution is 5.77. The molecule has 1 aliphatic carbocycles. The molecule has 0 atom stereocenters. The van der Waals surface area contributed by atoms with Crippen LogP contribution in [0.15, 0.2) is 6.07 Å². The van der Waals surface area contributed by atoms with E-state index in [-0.39, 0.29) is 0 Å². The van der Waals surface area contributed by atoms with Gasteiger partial charge < -0.3 is 22.9 Å². The summed E-state index contributed by atoms with van der Waals surface area (Å²) < 4.78 is 0. The van der Waals surface area contributed by atoms with Gasteiger partial charge in [-0.25, -0.2) is 0 Å². The van der Waals surface area contributed by atoms with E-state index in [2.05, 4.69) is 0 Å². The van der Waals surface area contributed by atoms with Crippen LogP contribution >= 0.6 is 0 Å². The topological polar surface area (TPSA) is 104 Å². The molecule has 8 N–H and O–H groups in total. The van der Waals surface area contributed by atoms with Crippen molar-refractivity contribution in [3.63, 3.8) is 0 Å². The Morgan fingerprint density at radius 3 is 2.18 bits per heavy atom. The van der Waals surface area contributed by atoms with Crippen molar-refractivity contribution in [2.45, 2.75) is 44.6 Å². The molecule has 0 bridgehead atoms. The zero-order valence-electron chi connectivity index (χ0n) is 10.4. The van der Waals surface area contributed by atoms with Gasteiger partial charge in [-0.3, -0.25) is 0 Å². The zero-order chi connectivity index (χ0) is 12.6. The van der Waals surface area contributed by atoms with Crippen molar-refractivity contribution in [2.75, 3.05) is 17.2 Å². The zero-order valence-corrected chi connectivity index (χ0v) is 10.4. The Morgan fingerprint density at radius 2 is 1.59 bits per heavy atom. The van der Waals surface area contributed by atoms with E-state index >= 15 is 0 Å². The molecule has 0 unspecified atom stereocenters. The molecular formula is C13H22N4. The van der Waals surface area contributed by atoms with Crippen LogP contribution in [0.2, 0.25) is 0 Å². The molecule has 0 heterocycles. The first-order valence-corrected chi connectivity index (χ1v) is 6.20. The molecule has 0 amide bonds. The molecule has 4 heteroatoms. The molecule has 0 aromatic heterocycles. The van der Waals surface area contributed by atoms with E-state index in [4.69, 9.17) is 22.9 Å². The van der Waals surface area contributed by atoms with E-state index in [0.29, 0.717) is 23.3 Å². The lowest BCUT2D eigenvalue weighted by atomic mass is 9.80. The van der Waals surface area contributed by atoms with E-state index in [0.717, 1.165) is 42.5 Å². The van der Waals surface area contributed by atoms with Gasteiger partial charge in [-0.2, -0.15) is 0 Å². The maximum Gasteiger partial charge on any atom is 0.0598 e. The van der Waals surface area contributed by atoms with Crippen LogP contribution in [0.25, 0.3) is 0 Å². The molecule has 0 saturated heterocycles. The van der Waals surface area contributed by atoms with E-state index in [1.807, 2.05) is 13.0 Å². The minimum absolute atomic E-state index is 0.347. The molecule has 4 nitrogen and oxygen atoms in total. The first-order chi connectivity index (χ1) is 8.00. The van der Waals surface area contributed by atoms with Crippen molar-refractivity contribution in [3.8, 4) is 0 Å². The summed E-state index contributed by atoms with van der Waals surface area (Å²) in [6, 6.07) is 2.29. The molecule has 1 saturated carbocycles. The highest BCUT2D eigenvalue weighted by atomic mass is 14.7. The molecule has 0 spiro atoms. The Labute approximate surface area is 102 Å². The molecular weight excluding hydrogens is 212 g/mol. The second-order valence-corrected chi connectivity index (χ2v) is 5.12. The summed E-state index contributed by atoms with van der Waals surface area (Å²) >= 11 is 0. The van der Waals surface area contributed by atoms with Gasteiger partial charge in [0.05, 0.1) is 11.4 Å². The summed E-state index contributed by atoms with van der Waals surface area (Å²) in [4.78, 5) is 0. The molecule has 94 valence electrons. The van der Waals surface area contributed by atoms with Gasteiger partial charge in [0.25, 0.3) is 0 Å². The third-order valence-corrected chi connectivity index (χ3v) is 3.95. The maximum absolute atomic E-state index is 6.15. The van der Waals surface area contributed by atoms with Crippen molar-refractivity contribution in [1.29, 1.82) is 0 Å². The van der Waals surface area contributed by atoms with Gasteiger partial charge in [0.15, 0.2) is 0 Å². The fraction of sp³-hybridized carbons (Fsp3) is 0.538. The average Bonchev–Trinajstić information content (AvgIpc) is 2.32. The fourth-order valence-electron chi connectivity index (χ4n) is 2.67. The number of benzene rings is 1. The van der Waals surface area contributed by atoms with Crippen molar-refractivity contribution < 1.29 is 0 Å². The largest absolute Gasteiger partial charge is 0.398 e. The minimum Gasteiger partial charge on any atom is -0.398 e. The summed E-state index contributed by atoms with van der Waals surface area (Å²) in [5.74, 6) is 0.483. The second kappa shape index (κ2) is 4.45. The van der Waals surface area contributed by atoms with Crippen LogP contribution in [0.3, 0.4) is 0 Å². The first kappa shape index (κ1) is 12.0. The molecule has 0 aliphatic heterocycles. The van der Waals surface area contributed by atoms with Gasteiger partial charge in [-0.1, -0.05) is 0 Å². The summed E-state index contributed by atoms with van der Waals surface area (Å²) in [7, 11) is 0. The lowest BCUT2D eigenvalue weighted by Gasteiger charge is -2.28. The van der Waals surface area contributed by atoms with Crippen molar-refractivity contribution in [3.05, 3.63) is 17.2 Å². The second-order valence-electron chi connectivity index (χ2n) is 5.12. The molecule has 0 radical (unpaired) electrons. The van der Waals surface area contributed by atoms with Crippen LogP contribution in [0.5, 0.6) is 0 Å². The fourth-order valence-corrected chi connectivity index (χ4v) is 2.67. The number of hydrogen-bond donors (Lipinski definition) is 4. The summed E-state index contributed by atoms with van der Waals surface area (Å²) in [6.07, 6.45) is 4.31. The first-order valence-electron chi connectivity index (χ1n) is 6.20. The number of rotatable bonds is 1. The summed E-state index contributed by atoms with van der Waals surface area (Å²) in [5, 5.41) is 0. The third-order valence-electron chi connectivity index (χ3n) is 3.95. The molecule has 2 rings (SSSR count). The van der Waals surface area contributed by atoms with Crippen LogP contribution in [0, 0.1) is 6.92 Å². The Bertz CT molecular complexity index is 420. The number of nitrogen functional groups attached to an aromatic ring is 3.